The molecule has 0 fully saturated rings. The second-order valence-electron chi connectivity index (χ2n) is 8.13. The highest BCUT2D eigenvalue weighted by atomic mass is 16.5. The number of nitrogens with one attached hydrogen (secondary N) is 2. The largest absolute Gasteiger partial charge is 0.478 e. The van der Waals surface area contributed by atoms with Crippen molar-refractivity contribution in [1.29, 1.82) is 0 Å². The molecule has 3 aromatic carbocycles. The Kier molecular flexibility index (Phi) is 7.10. The number of aromatic carboxylic acids is 1. The normalized spacial score (nSPS) is 11.5. The number of nitrogens with zero attached hydrogens (tertiary/aromatic N) is 2. The minimum Gasteiger partial charge on any atom is -0.478 e. The van der Waals surface area contributed by atoms with E-state index in [4.69, 9.17) is 5.11 Å². The molecule has 9 nitrogen and oxygen atoms in total. The van der Waals surface area contributed by atoms with Crippen LogP contribution in [0, 0.1) is 6.92 Å². The molecule has 0 aliphatic carbocycles. The van der Waals surface area contributed by atoms with E-state index in [1.807, 2.05) is 36.4 Å². The van der Waals surface area contributed by atoms with Crippen LogP contribution in [-0.2, 0) is 11.2 Å². The van der Waals surface area contributed by atoms with E-state index in [2.05, 4.69) is 15.6 Å². The van der Waals surface area contributed by atoms with E-state index in [0.717, 1.165) is 10.3 Å². The molecule has 0 saturated heterocycles. The van der Waals surface area contributed by atoms with Gasteiger partial charge in [0.1, 0.15) is 6.04 Å². The molecule has 0 unspecified atom stereocenters. The van der Waals surface area contributed by atoms with E-state index in [-0.39, 0.29) is 23.5 Å². The standard InChI is InChI=1S/C27H24N4O5/c1-17-23(31(36)24(28-17)19-10-6-3-7-11-19)26(33)30-22(16-18-8-4-2-5-9-18)25(32)29-21-14-12-20(13-15-21)27(34)35/h2-15,22,36H,16H2,1H3,(H,29,32)(H,30,33)(H,34,35)/t22-/m0/s1. The first-order chi connectivity index (χ1) is 17.3. The van der Waals surface area contributed by atoms with E-state index >= 15 is 0 Å². The first-order valence-electron chi connectivity index (χ1n) is 11.2. The van der Waals surface area contributed by atoms with Gasteiger partial charge in [-0.2, -0.15) is 4.73 Å². The van der Waals surface area contributed by atoms with Gasteiger partial charge in [-0.1, -0.05) is 60.7 Å². The van der Waals surface area contributed by atoms with Crippen molar-refractivity contribution in [2.75, 3.05) is 5.32 Å². The summed E-state index contributed by atoms with van der Waals surface area (Å²) < 4.78 is 0.724. The molecule has 1 atom stereocenters. The molecule has 36 heavy (non-hydrogen) atoms. The van der Waals surface area contributed by atoms with Gasteiger partial charge < -0.3 is 20.9 Å². The van der Waals surface area contributed by atoms with Crippen LogP contribution in [0.5, 0.6) is 0 Å². The van der Waals surface area contributed by atoms with Crippen molar-refractivity contribution in [2.24, 2.45) is 0 Å². The molecule has 1 heterocycles. The molecule has 0 spiro atoms. The smallest absolute Gasteiger partial charge is 0.335 e. The summed E-state index contributed by atoms with van der Waals surface area (Å²) >= 11 is 0. The number of aromatic nitrogens is 2. The summed E-state index contributed by atoms with van der Waals surface area (Å²) in [7, 11) is 0. The summed E-state index contributed by atoms with van der Waals surface area (Å²) in [5.74, 6) is -2.03. The predicted molar refractivity (Wildman–Crippen MR) is 133 cm³/mol. The van der Waals surface area contributed by atoms with Crippen molar-refractivity contribution in [3.05, 3.63) is 107 Å². The summed E-state index contributed by atoms with van der Waals surface area (Å²) in [4.78, 5) is 41.8. The Morgan fingerprint density at radius 2 is 1.53 bits per heavy atom. The zero-order chi connectivity index (χ0) is 25.7. The van der Waals surface area contributed by atoms with Gasteiger partial charge in [-0.25, -0.2) is 9.78 Å². The lowest BCUT2D eigenvalue weighted by Crippen LogP contribution is -2.46. The summed E-state index contributed by atoms with van der Waals surface area (Å²) in [6.45, 7) is 1.60. The number of aryl methyl sites for hydroxylation is 1. The topological polar surface area (TPSA) is 134 Å². The lowest BCUT2D eigenvalue weighted by atomic mass is 10.0. The average molecular weight is 485 g/mol. The van der Waals surface area contributed by atoms with Crippen LogP contribution in [0.15, 0.2) is 84.9 Å². The fourth-order valence-corrected chi connectivity index (χ4v) is 3.76. The fourth-order valence-electron chi connectivity index (χ4n) is 3.76. The van der Waals surface area contributed by atoms with Crippen LogP contribution < -0.4 is 10.6 Å². The van der Waals surface area contributed by atoms with Crippen LogP contribution in [0.4, 0.5) is 5.69 Å². The first-order valence-corrected chi connectivity index (χ1v) is 11.2. The molecule has 0 aliphatic rings. The Bertz CT molecular complexity index is 1380. The van der Waals surface area contributed by atoms with Gasteiger partial charge in [0.25, 0.3) is 5.91 Å². The van der Waals surface area contributed by atoms with Gasteiger partial charge in [-0.15, -0.1) is 0 Å². The molecular weight excluding hydrogens is 460 g/mol. The number of carbonyl (C=O) groups excluding carboxylic acids is 2. The summed E-state index contributed by atoms with van der Waals surface area (Å²) in [6, 6.07) is 22.8. The molecule has 4 N–H and O–H groups in total. The zero-order valence-corrected chi connectivity index (χ0v) is 19.4. The van der Waals surface area contributed by atoms with Gasteiger partial charge in [0.15, 0.2) is 11.5 Å². The van der Waals surface area contributed by atoms with Gasteiger partial charge in [-0.05, 0) is 36.8 Å². The number of hydrogen-bond acceptors (Lipinski definition) is 5. The highest BCUT2D eigenvalue weighted by Crippen LogP contribution is 2.21. The van der Waals surface area contributed by atoms with Crippen LogP contribution in [0.1, 0.15) is 32.1 Å². The number of imidazole rings is 1. The number of anilines is 1. The highest BCUT2D eigenvalue weighted by molar-refractivity contribution is 6.01. The minimum absolute atomic E-state index is 0.0782. The van der Waals surface area contributed by atoms with Crippen LogP contribution >= 0.6 is 0 Å². The van der Waals surface area contributed by atoms with Crippen molar-refractivity contribution in [2.45, 2.75) is 19.4 Å². The van der Waals surface area contributed by atoms with Crippen LogP contribution in [0.2, 0.25) is 0 Å². The first kappa shape index (κ1) is 24.2. The number of benzene rings is 3. The molecule has 4 aromatic rings. The van der Waals surface area contributed by atoms with Crippen molar-refractivity contribution in [1.82, 2.24) is 15.0 Å². The quantitative estimate of drug-likeness (QED) is 0.281. The van der Waals surface area contributed by atoms with E-state index in [0.29, 0.717) is 16.9 Å². The Morgan fingerprint density at radius 1 is 0.917 bits per heavy atom. The van der Waals surface area contributed by atoms with Crippen LogP contribution in [0.3, 0.4) is 0 Å². The molecule has 0 saturated carbocycles. The van der Waals surface area contributed by atoms with Gasteiger partial charge in [0.05, 0.1) is 11.3 Å². The SMILES string of the molecule is Cc1nc(-c2ccccc2)n(O)c1C(=O)N[C@@H](Cc1ccccc1)C(=O)Nc1ccc(C(=O)O)cc1. The maximum atomic E-state index is 13.2. The maximum absolute atomic E-state index is 13.2. The molecule has 1 aromatic heterocycles. The van der Waals surface area contributed by atoms with Crippen molar-refractivity contribution < 1.29 is 24.7 Å². The Balaban J connectivity index is 1.58. The Hall–Kier alpha value is -4.92. The number of hydrogen-bond donors (Lipinski definition) is 4. The molecule has 0 radical (unpaired) electrons. The van der Waals surface area contributed by atoms with E-state index in [1.54, 1.807) is 31.2 Å². The number of rotatable bonds is 8. The fraction of sp³-hybridized carbons (Fsp3) is 0.111. The Labute approximate surface area is 207 Å². The molecule has 2 amide bonds. The molecule has 0 aliphatic heterocycles. The molecular formula is C27H24N4O5. The molecule has 182 valence electrons. The second kappa shape index (κ2) is 10.6. The van der Waals surface area contributed by atoms with Gasteiger partial charge in [0, 0.05) is 17.7 Å². The summed E-state index contributed by atoms with van der Waals surface area (Å²) in [6.07, 6.45) is 0.190. The number of amides is 2. The third kappa shape index (κ3) is 5.41. The molecule has 0 bridgehead atoms. The van der Waals surface area contributed by atoms with E-state index < -0.39 is 23.8 Å². The van der Waals surface area contributed by atoms with Crippen molar-refractivity contribution >= 4 is 23.5 Å². The monoisotopic (exact) mass is 484 g/mol. The average Bonchev–Trinajstić information content (AvgIpc) is 3.18. The van der Waals surface area contributed by atoms with Crippen molar-refractivity contribution in [3.63, 3.8) is 0 Å². The zero-order valence-electron chi connectivity index (χ0n) is 19.4. The van der Waals surface area contributed by atoms with Crippen molar-refractivity contribution in [3.8, 4) is 11.4 Å². The van der Waals surface area contributed by atoms with Crippen LogP contribution in [-0.4, -0.2) is 43.9 Å². The third-order valence-corrected chi connectivity index (χ3v) is 5.58. The second-order valence-corrected chi connectivity index (χ2v) is 8.13. The third-order valence-electron chi connectivity index (χ3n) is 5.58. The van der Waals surface area contributed by atoms with Crippen LogP contribution in [0.25, 0.3) is 11.4 Å². The number of carboxylic acids is 1. The maximum Gasteiger partial charge on any atom is 0.335 e. The lowest BCUT2D eigenvalue weighted by molar-refractivity contribution is -0.118. The highest BCUT2D eigenvalue weighted by Gasteiger charge is 2.27. The number of carboxylic acid groups (broad SMARTS) is 1. The predicted octanol–water partition coefficient (Wildman–Crippen LogP) is 3.77. The van der Waals surface area contributed by atoms with Gasteiger partial charge in [0.2, 0.25) is 5.91 Å². The van der Waals surface area contributed by atoms with Gasteiger partial charge >= 0.3 is 5.97 Å². The molecule has 4 rings (SSSR count). The summed E-state index contributed by atoms with van der Waals surface area (Å²) in [5.41, 5.74) is 2.14. The minimum atomic E-state index is -1.08. The van der Waals surface area contributed by atoms with E-state index in [9.17, 15) is 19.6 Å². The lowest BCUT2D eigenvalue weighted by Gasteiger charge is -2.19. The summed E-state index contributed by atoms with van der Waals surface area (Å²) in [5, 5.41) is 25.2. The Morgan fingerprint density at radius 3 is 2.14 bits per heavy atom. The van der Waals surface area contributed by atoms with Gasteiger partial charge in [-0.3, -0.25) is 9.59 Å². The number of carbonyl (C=O) groups is 3. The van der Waals surface area contributed by atoms with E-state index in [1.165, 1.54) is 24.3 Å². The molecule has 9 heteroatoms.